The number of para-hydroxylation sites is 1. The smallest absolute Gasteiger partial charge is 0.254 e. The Bertz CT molecular complexity index is 1240. The van der Waals surface area contributed by atoms with E-state index in [0.717, 1.165) is 0 Å². The Hall–Kier alpha value is -4.67. The first kappa shape index (κ1) is 25.4. The van der Waals surface area contributed by atoms with E-state index in [1.165, 1.54) is 25.2 Å². The van der Waals surface area contributed by atoms with Crippen LogP contribution in [0.3, 0.4) is 0 Å². The van der Waals surface area contributed by atoms with E-state index < -0.39 is 11.9 Å². The van der Waals surface area contributed by atoms with Crippen molar-refractivity contribution < 1.29 is 28.6 Å². The Morgan fingerprint density at radius 3 is 2.27 bits per heavy atom. The van der Waals surface area contributed by atoms with Gasteiger partial charge in [-0.3, -0.25) is 14.9 Å². The molecule has 37 heavy (non-hydrogen) atoms. The highest BCUT2D eigenvalue weighted by atomic mass is 16.6. The summed E-state index contributed by atoms with van der Waals surface area (Å²) in [6.45, 7) is 2.31. The molecule has 1 N–H and O–H groups in total. The van der Waals surface area contributed by atoms with Crippen LogP contribution in [0.2, 0.25) is 0 Å². The summed E-state index contributed by atoms with van der Waals surface area (Å²) in [4.78, 5) is 41.6. The number of oxime groups is 1. The lowest BCUT2D eigenvalue weighted by molar-refractivity contribution is -0.119. The Kier molecular flexibility index (Phi) is 8.14. The minimum absolute atomic E-state index is 0.00814. The fourth-order valence-electron chi connectivity index (χ4n) is 3.69. The summed E-state index contributed by atoms with van der Waals surface area (Å²) in [5.41, 5.74) is 0.971. The Balaban J connectivity index is 1.53. The summed E-state index contributed by atoms with van der Waals surface area (Å²) in [6.07, 6.45) is 0.202. The van der Waals surface area contributed by atoms with Gasteiger partial charge in [-0.05, 0) is 43.3 Å². The van der Waals surface area contributed by atoms with Gasteiger partial charge < -0.3 is 23.9 Å². The zero-order chi connectivity index (χ0) is 26.2. The van der Waals surface area contributed by atoms with Gasteiger partial charge in [0.05, 0.1) is 32.5 Å². The number of nitrogens with one attached hydrogen (secondary N) is 1. The van der Waals surface area contributed by atoms with E-state index in [2.05, 4.69) is 20.4 Å². The van der Waals surface area contributed by atoms with Crippen molar-refractivity contribution in [1.29, 1.82) is 0 Å². The third-order valence-electron chi connectivity index (χ3n) is 5.46. The molecule has 2 aromatic carbocycles. The van der Waals surface area contributed by atoms with Crippen LogP contribution in [0.1, 0.15) is 23.7 Å². The molecule has 192 valence electrons. The van der Waals surface area contributed by atoms with Gasteiger partial charge >= 0.3 is 0 Å². The number of carbonyl (C=O) groups is 2. The van der Waals surface area contributed by atoms with Gasteiger partial charge in [0.1, 0.15) is 24.1 Å². The van der Waals surface area contributed by atoms with Crippen molar-refractivity contribution in [3.63, 3.8) is 0 Å². The number of rotatable bonds is 9. The number of nitrogens with zero attached hydrogens (tertiary/aromatic N) is 4. The highest BCUT2D eigenvalue weighted by molar-refractivity contribution is 6.07. The molecule has 0 unspecified atom stereocenters. The van der Waals surface area contributed by atoms with Gasteiger partial charge in [0, 0.05) is 12.0 Å². The summed E-state index contributed by atoms with van der Waals surface area (Å²) < 4.78 is 16.1. The number of ether oxygens (including phenoxy) is 3. The van der Waals surface area contributed by atoms with Crippen molar-refractivity contribution in [2.45, 2.75) is 19.4 Å². The normalized spacial score (nSPS) is 15.8. The molecule has 11 heteroatoms. The van der Waals surface area contributed by atoms with Crippen LogP contribution >= 0.6 is 0 Å². The van der Waals surface area contributed by atoms with Crippen LogP contribution in [-0.4, -0.2) is 65.8 Å². The third-order valence-corrected chi connectivity index (χ3v) is 5.46. The molecular weight excluding hydrogens is 478 g/mol. The SMILES string of the molecule is CCO/N=C1/C[C@@H](C(=O)Nc2nc(OC)cc(OC)n2)N(C(=O)c2ccc(Oc3ccccc3)cc2)C1. The van der Waals surface area contributed by atoms with Gasteiger partial charge in [-0.25, -0.2) is 0 Å². The van der Waals surface area contributed by atoms with Crippen LogP contribution in [0.4, 0.5) is 5.95 Å². The molecule has 1 aliphatic rings. The number of benzene rings is 2. The predicted molar refractivity (Wildman–Crippen MR) is 135 cm³/mol. The second-order valence-corrected chi connectivity index (χ2v) is 7.93. The summed E-state index contributed by atoms with van der Waals surface area (Å²) in [5, 5.41) is 6.73. The van der Waals surface area contributed by atoms with E-state index in [9.17, 15) is 9.59 Å². The van der Waals surface area contributed by atoms with Crippen LogP contribution in [0.5, 0.6) is 23.3 Å². The molecule has 2 heterocycles. The highest BCUT2D eigenvalue weighted by Gasteiger charge is 2.39. The van der Waals surface area contributed by atoms with Gasteiger partial charge in [-0.2, -0.15) is 9.97 Å². The molecule has 1 fully saturated rings. The standard InChI is InChI=1S/C26H27N5O6/c1-4-36-30-18-14-21(24(32)29-26-27-22(34-2)15-23(28-26)35-3)31(16-18)25(33)17-10-12-20(13-11-17)37-19-8-6-5-7-9-19/h5-13,15,21H,4,14,16H2,1-3H3,(H,27,28,29,32)/b30-18-/t21-/m0/s1. The Morgan fingerprint density at radius 1 is 1.00 bits per heavy atom. The number of likely N-dealkylation sites (tertiary alicyclic amines) is 1. The van der Waals surface area contributed by atoms with Crippen molar-refractivity contribution in [2.24, 2.45) is 5.16 Å². The van der Waals surface area contributed by atoms with Crippen LogP contribution in [-0.2, 0) is 9.63 Å². The monoisotopic (exact) mass is 505 g/mol. The number of amides is 2. The zero-order valence-electron chi connectivity index (χ0n) is 20.7. The average molecular weight is 506 g/mol. The first-order chi connectivity index (χ1) is 18.0. The van der Waals surface area contributed by atoms with Gasteiger partial charge in [0.25, 0.3) is 5.91 Å². The lowest BCUT2D eigenvalue weighted by atomic mass is 10.1. The van der Waals surface area contributed by atoms with Crippen molar-refractivity contribution in [3.05, 3.63) is 66.2 Å². The maximum atomic E-state index is 13.4. The quantitative estimate of drug-likeness (QED) is 0.438. The number of hydrogen-bond donors (Lipinski definition) is 1. The average Bonchev–Trinajstić information content (AvgIpc) is 3.36. The molecule has 0 spiro atoms. The molecule has 4 rings (SSSR count). The summed E-state index contributed by atoms with van der Waals surface area (Å²) in [5.74, 6) is 0.890. The minimum atomic E-state index is -0.854. The van der Waals surface area contributed by atoms with Crippen molar-refractivity contribution in [3.8, 4) is 23.3 Å². The second kappa shape index (κ2) is 11.8. The lowest BCUT2D eigenvalue weighted by Crippen LogP contribution is -2.43. The number of hydrogen-bond acceptors (Lipinski definition) is 9. The minimum Gasteiger partial charge on any atom is -0.481 e. The summed E-state index contributed by atoms with van der Waals surface area (Å²) in [6, 6.07) is 16.7. The maximum absolute atomic E-state index is 13.4. The fraction of sp³-hybridized carbons (Fsp3) is 0.269. The zero-order valence-corrected chi connectivity index (χ0v) is 20.7. The van der Waals surface area contributed by atoms with E-state index in [1.807, 2.05) is 30.3 Å². The van der Waals surface area contributed by atoms with E-state index in [-0.39, 0.29) is 36.6 Å². The van der Waals surface area contributed by atoms with Crippen molar-refractivity contribution >= 4 is 23.5 Å². The molecule has 2 amide bonds. The summed E-state index contributed by atoms with van der Waals surface area (Å²) >= 11 is 0. The molecule has 0 radical (unpaired) electrons. The van der Waals surface area contributed by atoms with Crippen molar-refractivity contribution in [2.75, 3.05) is 32.7 Å². The van der Waals surface area contributed by atoms with Crippen molar-refractivity contribution in [1.82, 2.24) is 14.9 Å². The van der Waals surface area contributed by atoms with Gasteiger partial charge in [-0.15, -0.1) is 0 Å². The molecule has 1 aromatic heterocycles. The molecular formula is C26H27N5O6. The van der Waals surface area contributed by atoms with Crippen LogP contribution in [0.15, 0.2) is 65.8 Å². The Labute approximate surface area is 214 Å². The molecule has 3 aromatic rings. The molecule has 1 saturated heterocycles. The van der Waals surface area contributed by atoms with E-state index >= 15 is 0 Å². The number of aromatic nitrogens is 2. The molecule has 0 bridgehead atoms. The van der Waals surface area contributed by atoms with Gasteiger partial charge in [0.15, 0.2) is 0 Å². The van der Waals surface area contributed by atoms with Gasteiger partial charge in [0.2, 0.25) is 23.6 Å². The Morgan fingerprint density at radius 2 is 1.65 bits per heavy atom. The highest BCUT2D eigenvalue weighted by Crippen LogP contribution is 2.25. The number of carbonyl (C=O) groups excluding carboxylic acids is 2. The van der Waals surface area contributed by atoms with Crippen LogP contribution in [0.25, 0.3) is 0 Å². The molecule has 0 saturated carbocycles. The first-order valence-electron chi connectivity index (χ1n) is 11.6. The lowest BCUT2D eigenvalue weighted by Gasteiger charge is -2.23. The molecule has 0 aliphatic carbocycles. The second-order valence-electron chi connectivity index (χ2n) is 7.93. The van der Waals surface area contributed by atoms with Crippen LogP contribution < -0.4 is 19.5 Å². The first-order valence-corrected chi connectivity index (χ1v) is 11.6. The third kappa shape index (κ3) is 6.31. The predicted octanol–water partition coefficient (Wildman–Crippen LogP) is 3.53. The van der Waals surface area contributed by atoms with E-state index in [4.69, 9.17) is 19.0 Å². The van der Waals surface area contributed by atoms with Gasteiger partial charge in [-0.1, -0.05) is 23.4 Å². The molecule has 11 nitrogen and oxygen atoms in total. The van der Waals surface area contributed by atoms with E-state index in [1.54, 1.807) is 31.2 Å². The topological polar surface area (TPSA) is 124 Å². The number of anilines is 1. The fourth-order valence-corrected chi connectivity index (χ4v) is 3.69. The van der Waals surface area contributed by atoms with E-state index in [0.29, 0.717) is 29.4 Å². The van der Waals surface area contributed by atoms with Crippen LogP contribution in [0, 0.1) is 0 Å². The maximum Gasteiger partial charge on any atom is 0.254 e. The number of methoxy groups -OCH3 is 2. The summed E-state index contributed by atoms with van der Waals surface area (Å²) in [7, 11) is 2.88. The molecule has 1 atom stereocenters. The largest absolute Gasteiger partial charge is 0.481 e. The molecule has 1 aliphatic heterocycles.